The van der Waals surface area contributed by atoms with Crippen LogP contribution >= 0.6 is 0 Å². The van der Waals surface area contributed by atoms with Crippen LogP contribution in [-0.4, -0.2) is 39.9 Å². The van der Waals surface area contributed by atoms with Gasteiger partial charge in [-0.1, -0.05) is 19.8 Å². The summed E-state index contributed by atoms with van der Waals surface area (Å²) >= 11 is 0. The summed E-state index contributed by atoms with van der Waals surface area (Å²) in [4.78, 5) is 7.08. The number of hydrogen-bond acceptors (Lipinski definition) is 4. The van der Waals surface area contributed by atoms with E-state index in [0.717, 1.165) is 43.3 Å². The minimum Gasteiger partial charge on any atom is -0.371 e. The molecule has 5 heteroatoms. The maximum Gasteiger partial charge on any atom is 0.157 e. The van der Waals surface area contributed by atoms with Gasteiger partial charge in [0.25, 0.3) is 0 Å². The highest BCUT2D eigenvalue weighted by Crippen LogP contribution is 2.37. The van der Waals surface area contributed by atoms with Gasteiger partial charge in [-0.15, -0.1) is 0 Å². The molecule has 1 spiro atoms. The van der Waals surface area contributed by atoms with E-state index in [1.165, 1.54) is 25.7 Å². The van der Waals surface area contributed by atoms with E-state index in [1.807, 2.05) is 16.8 Å². The van der Waals surface area contributed by atoms with Crippen LogP contribution in [0.5, 0.6) is 0 Å². The molecule has 1 aliphatic heterocycles. The summed E-state index contributed by atoms with van der Waals surface area (Å²) in [6.45, 7) is 4.88. The first-order valence-electron chi connectivity index (χ1n) is 8.02. The normalized spacial score (nSPS) is 21.5. The van der Waals surface area contributed by atoms with Crippen LogP contribution in [0.25, 0.3) is 5.65 Å². The van der Waals surface area contributed by atoms with Crippen molar-refractivity contribution in [2.45, 2.75) is 44.6 Å². The fraction of sp³-hybridized carbons (Fsp3) is 0.625. The average molecular weight is 286 g/mol. The van der Waals surface area contributed by atoms with E-state index in [-0.39, 0.29) is 5.60 Å². The van der Waals surface area contributed by atoms with Crippen LogP contribution in [0.4, 0.5) is 5.82 Å². The molecule has 2 aromatic rings. The number of aryl methyl sites for hydroxylation is 1. The molecule has 21 heavy (non-hydrogen) atoms. The fourth-order valence-corrected chi connectivity index (χ4v) is 3.72. The highest BCUT2D eigenvalue weighted by atomic mass is 16.5. The predicted octanol–water partition coefficient (Wildman–Crippen LogP) is 2.44. The molecule has 0 unspecified atom stereocenters. The molecular formula is C16H22N4O. The van der Waals surface area contributed by atoms with Crippen LogP contribution in [0.2, 0.25) is 0 Å². The van der Waals surface area contributed by atoms with Crippen molar-refractivity contribution in [2.75, 3.05) is 24.6 Å². The molecular weight excluding hydrogens is 264 g/mol. The number of morpholine rings is 1. The van der Waals surface area contributed by atoms with Gasteiger partial charge in [-0.2, -0.15) is 9.61 Å². The summed E-state index contributed by atoms with van der Waals surface area (Å²) in [6, 6.07) is 4.17. The van der Waals surface area contributed by atoms with Gasteiger partial charge in [0, 0.05) is 30.9 Å². The molecule has 0 atom stereocenters. The number of aromatic nitrogens is 3. The standard InChI is InChI=1S/C16H22N4O/c1-2-13-11-15(20-14(18-13)5-8-17-20)19-9-10-21-16(12-19)6-3-4-7-16/h5,8,11H,2-4,6-7,9-10,12H2,1H3. The van der Waals surface area contributed by atoms with Gasteiger partial charge in [0.05, 0.1) is 18.4 Å². The molecule has 1 aliphatic carbocycles. The van der Waals surface area contributed by atoms with Gasteiger partial charge in [-0.05, 0) is 19.3 Å². The van der Waals surface area contributed by atoms with Crippen molar-refractivity contribution >= 4 is 11.5 Å². The van der Waals surface area contributed by atoms with Crippen LogP contribution in [0, 0.1) is 0 Å². The third-order valence-corrected chi connectivity index (χ3v) is 4.84. The van der Waals surface area contributed by atoms with Crippen LogP contribution in [0.3, 0.4) is 0 Å². The van der Waals surface area contributed by atoms with Gasteiger partial charge in [0.15, 0.2) is 5.65 Å². The highest BCUT2D eigenvalue weighted by Gasteiger charge is 2.39. The van der Waals surface area contributed by atoms with Crippen molar-refractivity contribution in [1.29, 1.82) is 0 Å². The van der Waals surface area contributed by atoms with E-state index in [0.29, 0.717) is 0 Å². The van der Waals surface area contributed by atoms with E-state index < -0.39 is 0 Å². The molecule has 0 bridgehead atoms. The average Bonchev–Trinajstić information content (AvgIpc) is 3.15. The summed E-state index contributed by atoms with van der Waals surface area (Å²) < 4.78 is 8.11. The first-order chi connectivity index (χ1) is 10.3. The number of anilines is 1. The minimum absolute atomic E-state index is 0.0768. The van der Waals surface area contributed by atoms with Crippen LogP contribution < -0.4 is 4.90 Å². The predicted molar refractivity (Wildman–Crippen MR) is 81.7 cm³/mol. The van der Waals surface area contributed by atoms with E-state index in [4.69, 9.17) is 4.74 Å². The van der Waals surface area contributed by atoms with Crippen molar-refractivity contribution in [3.8, 4) is 0 Å². The zero-order valence-electron chi connectivity index (χ0n) is 12.6. The molecule has 2 aliphatic rings. The summed E-state index contributed by atoms with van der Waals surface area (Å²) in [5.41, 5.74) is 2.15. The molecule has 2 aromatic heterocycles. The molecule has 2 fully saturated rings. The molecule has 4 rings (SSSR count). The van der Waals surface area contributed by atoms with Crippen LogP contribution in [-0.2, 0) is 11.2 Å². The van der Waals surface area contributed by atoms with E-state index >= 15 is 0 Å². The Kier molecular flexibility index (Phi) is 3.10. The lowest BCUT2D eigenvalue weighted by molar-refractivity contribution is -0.0504. The Morgan fingerprint density at radius 3 is 3.00 bits per heavy atom. The number of nitrogens with zero attached hydrogens (tertiary/aromatic N) is 4. The molecule has 1 saturated heterocycles. The van der Waals surface area contributed by atoms with Crippen LogP contribution in [0.1, 0.15) is 38.3 Å². The third-order valence-electron chi connectivity index (χ3n) is 4.84. The second-order valence-corrected chi connectivity index (χ2v) is 6.22. The summed E-state index contributed by atoms with van der Waals surface area (Å²) in [5.74, 6) is 1.16. The third kappa shape index (κ3) is 2.20. The molecule has 0 amide bonds. The molecule has 0 aromatic carbocycles. The SMILES string of the molecule is CCc1cc(N2CCOC3(CCCC3)C2)n2nccc2n1. The molecule has 0 radical (unpaired) electrons. The first kappa shape index (κ1) is 13.1. The number of fused-ring (bicyclic) bond motifs is 1. The Morgan fingerprint density at radius 1 is 1.33 bits per heavy atom. The Balaban J connectivity index is 1.73. The summed E-state index contributed by atoms with van der Waals surface area (Å²) in [6.07, 6.45) is 7.75. The molecule has 5 nitrogen and oxygen atoms in total. The largest absolute Gasteiger partial charge is 0.371 e. The first-order valence-corrected chi connectivity index (χ1v) is 8.02. The molecule has 112 valence electrons. The maximum absolute atomic E-state index is 6.14. The van der Waals surface area contributed by atoms with E-state index in [9.17, 15) is 0 Å². The Labute approximate surface area is 124 Å². The number of hydrogen-bond donors (Lipinski definition) is 0. The molecule has 1 saturated carbocycles. The second kappa shape index (κ2) is 4.98. The number of ether oxygens (including phenoxy) is 1. The fourth-order valence-electron chi connectivity index (χ4n) is 3.72. The summed E-state index contributed by atoms with van der Waals surface area (Å²) in [5, 5.41) is 4.46. The lowest BCUT2D eigenvalue weighted by atomic mass is 10.00. The number of rotatable bonds is 2. The quantitative estimate of drug-likeness (QED) is 0.850. The second-order valence-electron chi connectivity index (χ2n) is 6.22. The van der Waals surface area contributed by atoms with Crippen molar-refractivity contribution in [1.82, 2.24) is 14.6 Å². The van der Waals surface area contributed by atoms with Crippen molar-refractivity contribution in [2.24, 2.45) is 0 Å². The summed E-state index contributed by atoms with van der Waals surface area (Å²) in [7, 11) is 0. The minimum atomic E-state index is 0.0768. The maximum atomic E-state index is 6.14. The Morgan fingerprint density at radius 2 is 2.19 bits per heavy atom. The lowest BCUT2D eigenvalue weighted by Crippen LogP contribution is -2.51. The van der Waals surface area contributed by atoms with Crippen LogP contribution in [0.15, 0.2) is 18.3 Å². The van der Waals surface area contributed by atoms with Crippen molar-refractivity contribution in [3.05, 3.63) is 24.0 Å². The lowest BCUT2D eigenvalue weighted by Gasteiger charge is -2.41. The molecule has 3 heterocycles. The van der Waals surface area contributed by atoms with E-state index in [1.54, 1.807) is 0 Å². The zero-order valence-corrected chi connectivity index (χ0v) is 12.6. The highest BCUT2D eigenvalue weighted by molar-refractivity contribution is 5.51. The smallest absolute Gasteiger partial charge is 0.157 e. The van der Waals surface area contributed by atoms with Gasteiger partial charge >= 0.3 is 0 Å². The van der Waals surface area contributed by atoms with Gasteiger partial charge in [-0.25, -0.2) is 4.98 Å². The Hall–Kier alpha value is -1.62. The van der Waals surface area contributed by atoms with Crippen molar-refractivity contribution in [3.63, 3.8) is 0 Å². The zero-order chi connectivity index (χ0) is 14.3. The van der Waals surface area contributed by atoms with Gasteiger partial charge < -0.3 is 9.64 Å². The topological polar surface area (TPSA) is 42.7 Å². The van der Waals surface area contributed by atoms with E-state index in [2.05, 4.69) is 28.0 Å². The van der Waals surface area contributed by atoms with Gasteiger partial charge in [-0.3, -0.25) is 0 Å². The Bertz CT molecular complexity index is 645. The molecule has 0 N–H and O–H groups in total. The van der Waals surface area contributed by atoms with Crippen molar-refractivity contribution < 1.29 is 4.74 Å². The monoisotopic (exact) mass is 286 g/mol. The van der Waals surface area contributed by atoms with Gasteiger partial charge in [0.2, 0.25) is 0 Å². The van der Waals surface area contributed by atoms with Gasteiger partial charge in [0.1, 0.15) is 5.82 Å².